The molecule has 36 heavy (non-hydrogen) atoms. The van der Waals surface area contributed by atoms with Crippen molar-refractivity contribution in [3.8, 4) is 0 Å². The highest BCUT2D eigenvalue weighted by atomic mass is 79.9. The van der Waals surface area contributed by atoms with Crippen LogP contribution < -0.4 is 10.6 Å². The van der Waals surface area contributed by atoms with Crippen LogP contribution >= 0.6 is 27.3 Å². The normalized spacial score (nSPS) is 17.5. The molecule has 0 radical (unpaired) electrons. The monoisotopic (exact) mass is 592 g/mol. The Morgan fingerprint density at radius 1 is 1.03 bits per heavy atom. The van der Waals surface area contributed by atoms with E-state index >= 15 is 0 Å². The smallest absolute Gasteiger partial charge is 0.292 e. The molecule has 11 heteroatoms. The van der Waals surface area contributed by atoms with E-state index in [1.807, 2.05) is 0 Å². The molecule has 2 amide bonds. The van der Waals surface area contributed by atoms with Crippen LogP contribution in [0.2, 0.25) is 0 Å². The molecular formula is C25H25BrN2O6S2. The molecule has 2 aliphatic rings. The lowest BCUT2D eigenvalue weighted by Crippen LogP contribution is -2.32. The highest BCUT2D eigenvalue weighted by Crippen LogP contribution is 2.38. The first kappa shape index (κ1) is 25.2. The summed E-state index contributed by atoms with van der Waals surface area (Å²) in [7, 11) is -3.92. The first-order valence-corrected chi connectivity index (χ1v) is 14.9. The Labute approximate surface area is 221 Å². The largest absolute Gasteiger partial charge is 0.439 e. The van der Waals surface area contributed by atoms with Gasteiger partial charge in [-0.1, -0.05) is 15.9 Å². The van der Waals surface area contributed by atoms with Gasteiger partial charge in [0, 0.05) is 22.5 Å². The number of amides is 2. The predicted octanol–water partition coefficient (Wildman–Crippen LogP) is 4.98. The number of rotatable bonds is 7. The van der Waals surface area contributed by atoms with Crippen molar-refractivity contribution in [1.29, 1.82) is 0 Å². The van der Waals surface area contributed by atoms with Crippen molar-refractivity contribution in [2.75, 3.05) is 18.5 Å². The van der Waals surface area contributed by atoms with Gasteiger partial charge < -0.3 is 19.8 Å². The number of nitrogens with one attached hydrogen (secondary N) is 2. The lowest BCUT2D eigenvalue weighted by molar-refractivity contribution is 0.0858. The third-order valence-corrected chi connectivity index (χ3v) is 9.71. The van der Waals surface area contributed by atoms with Gasteiger partial charge in [-0.25, -0.2) is 8.42 Å². The second kappa shape index (κ2) is 10.5. The molecule has 1 fully saturated rings. The number of hydrogen-bond donors (Lipinski definition) is 2. The topological polar surface area (TPSA) is 115 Å². The zero-order valence-electron chi connectivity index (χ0n) is 19.3. The Morgan fingerprint density at radius 2 is 1.81 bits per heavy atom. The van der Waals surface area contributed by atoms with E-state index in [1.165, 1.54) is 35.6 Å². The molecule has 3 heterocycles. The van der Waals surface area contributed by atoms with E-state index in [2.05, 4.69) is 26.6 Å². The number of hydrogen-bond acceptors (Lipinski definition) is 7. The van der Waals surface area contributed by atoms with Crippen LogP contribution in [-0.4, -0.2) is 39.5 Å². The second-order valence-corrected chi connectivity index (χ2v) is 12.7. The summed E-state index contributed by atoms with van der Waals surface area (Å²) >= 11 is 4.68. The van der Waals surface area contributed by atoms with Crippen LogP contribution in [0.1, 0.15) is 57.0 Å². The van der Waals surface area contributed by atoms with Crippen LogP contribution in [0.4, 0.5) is 5.00 Å². The molecule has 0 saturated carbocycles. The summed E-state index contributed by atoms with van der Waals surface area (Å²) in [6.07, 6.45) is 5.56. The van der Waals surface area contributed by atoms with Gasteiger partial charge >= 0.3 is 0 Å². The molecule has 5 rings (SSSR count). The minimum absolute atomic E-state index is 0.00988. The van der Waals surface area contributed by atoms with Crippen LogP contribution in [0.25, 0.3) is 0 Å². The molecule has 1 unspecified atom stereocenters. The maximum absolute atomic E-state index is 13.2. The van der Waals surface area contributed by atoms with E-state index < -0.39 is 15.7 Å². The lowest BCUT2D eigenvalue weighted by Gasteiger charge is -2.15. The first-order chi connectivity index (χ1) is 17.3. The average Bonchev–Trinajstić information content (AvgIpc) is 3.63. The number of carbonyl (C=O) groups is 2. The van der Waals surface area contributed by atoms with Crippen molar-refractivity contribution in [3.63, 3.8) is 0 Å². The van der Waals surface area contributed by atoms with Crippen molar-refractivity contribution in [1.82, 2.24) is 5.32 Å². The van der Waals surface area contributed by atoms with Crippen LogP contribution in [0.15, 0.2) is 55.3 Å². The number of fused-ring (bicyclic) bond motifs is 1. The van der Waals surface area contributed by atoms with E-state index in [9.17, 15) is 18.0 Å². The minimum atomic E-state index is -3.92. The van der Waals surface area contributed by atoms with Gasteiger partial charge in [0.1, 0.15) is 5.00 Å². The van der Waals surface area contributed by atoms with Gasteiger partial charge in [-0.3, -0.25) is 9.59 Å². The Balaban J connectivity index is 1.36. The van der Waals surface area contributed by atoms with Gasteiger partial charge in [0.25, 0.3) is 11.8 Å². The number of furan rings is 1. The molecule has 2 aromatic heterocycles. The molecular weight excluding hydrogens is 568 g/mol. The Bertz CT molecular complexity index is 1390. The average molecular weight is 594 g/mol. The van der Waals surface area contributed by atoms with Gasteiger partial charge in [-0.2, -0.15) is 0 Å². The maximum Gasteiger partial charge on any atom is 0.292 e. The second-order valence-electron chi connectivity index (χ2n) is 8.79. The summed E-state index contributed by atoms with van der Waals surface area (Å²) in [6, 6.07) is 8.74. The number of benzene rings is 1. The van der Waals surface area contributed by atoms with E-state index in [0.29, 0.717) is 23.7 Å². The molecule has 1 aliphatic heterocycles. The van der Waals surface area contributed by atoms with Crippen LogP contribution in [-0.2, 0) is 27.4 Å². The van der Waals surface area contributed by atoms with Gasteiger partial charge in [-0.05, 0) is 80.5 Å². The fourth-order valence-corrected chi connectivity index (χ4v) is 7.20. The van der Waals surface area contributed by atoms with Crippen LogP contribution in [0.3, 0.4) is 0 Å². The molecule has 1 aromatic carbocycles. The van der Waals surface area contributed by atoms with Crippen molar-refractivity contribution in [2.45, 2.75) is 54.6 Å². The Morgan fingerprint density at radius 3 is 2.56 bits per heavy atom. The van der Waals surface area contributed by atoms with Crippen molar-refractivity contribution in [2.24, 2.45) is 0 Å². The number of anilines is 1. The number of aryl methyl sites for hydroxylation is 1. The third-order valence-electron chi connectivity index (χ3n) is 6.33. The van der Waals surface area contributed by atoms with Crippen molar-refractivity contribution < 1.29 is 27.2 Å². The van der Waals surface area contributed by atoms with Gasteiger partial charge in [0.05, 0.1) is 16.6 Å². The van der Waals surface area contributed by atoms with Gasteiger partial charge in [0.15, 0.2) is 5.76 Å². The zero-order chi connectivity index (χ0) is 25.3. The molecule has 8 nitrogen and oxygen atoms in total. The summed E-state index contributed by atoms with van der Waals surface area (Å²) < 4.78 is 37.6. The fourth-order valence-electron chi connectivity index (χ4n) is 4.48. The SMILES string of the molecule is O=C(Nc1sc2c(c1C(=O)NCC1CCCO1)CCCC2)c1ccc(S(=O)(=O)c2ccc(Br)cc2)o1. The number of ether oxygens (including phenoxy) is 1. The molecule has 1 atom stereocenters. The maximum atomic E-state index is 13.2. The van der Waals surface area contributed by atoms with E-state index in [0.717, 1.165) is 53.4 Å². The van der Waals surface area contributed by atoms with Crippen molar-refractivity contribution in [3.05, 3.63) is 62.6 Å². The van der Waals surface area contributed by atoms with Crippen LogP contribution in [0.5, 0.6) is 0 Å². The number of carbonyl (C=O) groups excluding carboxylic acids is 2. The highest BCUT2D eigenvalue weighted by molar-refractivity contribution is 9.10. The summed E-state index contributed by atoms with van der Waals surface area (Å²) in [5, 5.41) is 5.89. The predicted molar refractivity (Wildman–Crippen MR) is 139 cm³/mol. The number of halogens is 1. The molecule has 190 valence electrons. The molecule has 1 aliphatic carbocycles. The Kier molecular flexibility index (Phi) is 7.34. The first-order valence-electron chi connectivity index (χ1n) is 11.8. The Hall–Kier alpha value is -2.47. The lowest BCUT2D eigenvalue weighted by atomic mass is 9.95. The quantitative estimate of drug-likeness (QED) is 0.400. The summed E-state index contributed by atoms with van der Waals surface area (Å²) in [5.41, 5.74) is 1.46. The summed E-state index contributed by atoms with van der Waals surface area (Å²) in [6.45, 7) is 1.13. The molecule has 1 saturated heterocycles. The number of thiophene rings is 1. The van der Waals surface area contributed by atoms with E-state index in [4.69, 9.17) is 9.15 Å². The molecule has 0 spiro atoms. The molecule has 3 aromatic rings. The van der Waals surface area contributed by atoms with Crippen molar-refractivity contribution >= 4 is 53.9 Å². The van der Waals surface area contributed by atoms with E-state index in [1.54, 1.807) is 12.1 Å². The molecule has 2 N–H and O–H groups in total. The fraction of sp³-hybridized carbons (Fsp3) is 0.360. The standard InChI is InChI=1S/C25H25BrN2O6S2/c26-15-7-9-17(10-8-15)36(31,32)21-12-11-19(34-21)23(29)28-25-22(18-5-1-2-6-20(18)35-25)24(30)27-14-16-4-3-13-33-16/h7-12,16H,1-6,13-14H2,(H,27,30)(H,28,29). The zero-order valence-corrected chi connectivity index (χ0v) is 22.6. The summed E-state index contributed by atoms with van der Waals surface area (Å²) in [4.78, 5) is 27.4. The van der Waals surface area contributed by atoms with Gasteiger partial charge in [-0.15, -0.1) is 11.3 Å². The third kappa shape index (κ3) is 5.15. The summed E-state index contributed by atoms with van der Waals surface area (Å²) in [5.74, 6) is -1.00. The van der Waals surface area contributed by atoms with E-state index in [-0.39, 0.29) is 27.8 Å². The number of sulfone groups is 1. The van der Waals surface area contributed by atoms with Gasteiger partial charge in [0.2, 0.25) is 14.9 Å². The minimum Gasteiger partial charge on any atom is -0.439 e. The van der Waals surface area contributed by atoms with Crippen LogP contribution in [0, 0.1) is 0 Å². The molecule has 0 bridgehead atoms. The highest BCUT2D eigenvalue weighted by Gasteiger charge is 2.29.